The SMILES string of the molecule is CNCC(=O)N[C@@H]1C=C(C(=O)N[C@H](CC(N)=O)C(N)=O)C[C@@H](O)[C@@H]1O. The summed E-state index contributed by atoms with van der Waals surface area (Å²) in [5.74, 6) is -2.97. The van der Waals surface area contributed by atoms with Crippen molar-refractivity contribution in [2.75, 3.05) is 13.6 Å². The van der Waals surface area contributed by atoms with Crippen LogP contribution in [-0.2, 0) is 19.2 Å². The number of nitrogens with one attached hydrogen (secondary N) is 3. The number of carbonyl (C=O) groups excluding carboxylic acids is 4. The molecule has 0 fully saturated rings. The minimum atomic E-state index is -1.30. The molecule has 1 rings (SSSR count). The van der Waals surface area contributed by atoms with Gasteiger partial charge >= 0.3 is 0 Å². The first-order chi connectivity index (χ1) is 11.6. The van der Waals surface area contributed by atoms with E-state index in [4.69, 9.17) is 11.5 Å². The van der Waals surface area contributed by atoms with E-state index in [9.17, 15) is 29.4 Å². The van der Waals surface area contributed by atoms with Gasteiger partial charge in [0.25, 0.3) is 0 Å². The Hall–Kier alpha value is -2.50. The summed E-state index contributed by atoms with van der Waals surface area (Å²) in [6.45, 7) is -0.0168. The van der Waals surface area contributed by atoms with Crippen LogP contribution >= 0.6 is 0 Å². The summed E-state index contributed by atoms with van der Waals surface area (Å²) >= 11 is 0. The normalized spacial score (nSPS) is 24.0. The molecule has 0 aliphatic heterocycles. The molecule has 0 aromatic carbocycles. The smallest absolute Gasteiger partial charge is 0.247 e. The quantitative estimate of drug-likeness (QED) is 0.227. The summed E-state index contributed by atoms with van der Waals surface area (Å²) in [5.41, 5.74) is 10.1. The van der Waals surface area contributed by atoms with Crippen molar-refractivity contribution >= 4 is 23.6 Å². The summed E-state index contributed by atoms with van der Waals surface area (Å²) < 4.78 is 0. The highest BCUT2D eigenvalue weighted by Gasteiger charge is 2.34. The molecular formula is C14H23N5O6. The third-order valence-electron chi connectivity index (χ3n) is 3.58. The van der Waals surface area contributed by atoms with Crippen LogP contribution in [0.15, 0.2) is 11.6 Å². The third-order valence-corrected chi connectivity index (χ3v) is 3.58. The Bertz CT molecular complexity index is 578. The average Bonchev–Trinajstić information content (AvgIpc) is 2.50. The average molecular weight is 357 g/mol. The molecule has 0 spiro atoms. The molecule has 9 N–H and O–H groups in total. The largest absolute Gasteiger partial charge is 0.390 e. The van der Waals surface area contributed by atoms with Gasteiger partial charge in [0.1, 0.15) is 12.1 Å². The van der Waals surface area contributed by atoms with Crippen LogP contribution in [0.5, 0.6) is 0 Å². The van der Waals surface area contributed by atoms with Crippen LogP contribution in [0, 0.1) is 0 Å². The van der Waals surface area contributed by atoms with Crippen LogP contribution in [0.2, 0.25) is 0 Å². The van der Waals surface area contributed by atoms with Gasteiger partial charge < -0.3 is 37.6 Å². The number of likely N-dealkylation sites (N-methyl/N-ethyl adjacent to an activating group) is 1. The van der Waals surface area contributed by atoms with Gasteiger partial charge in [-0.15, -0.1) is 0 Å². The summed E-state index contributed by atoms with van der Waals surface area (Å²) in [7, 11) is 1.56. The molecule has 0 saturated heterocycles. The Labute approximate surface area is 143 Å². The van der Waals surface area contributed by atoms with Gasteiger partial charge in [-0.1, -0.05) is 6.08 Å². The summed E-state index contributed by atoms with van der Waals surface area (Å²) in [6.07, 6.45) is -1.98. The van der Waals surface area contributed by atoms with Crippen molar-refractivity contribution in [1.82, 2.24) is 16.0 Å². The number of aliphatic hydroxyl groups is 2. The molecule has 4 atom stereocenters. The second kappa shape index (κ2) is 9.11. The third kappa shape index (κ3) is 6.14. The number of primary amides is 2. The maximum absolute atomic E-state index is 12.2. The molecule has 140 valence electrons. The van der Waals surface area contributed by atoms with Crippen LogP contribution < -0.4 is 27.4 Å². The lowest BCUT2D eigenvalue weighted by Crippen LogP contribution is -2.53. The van der Waals surface area contributed by atoms with Gasteiger partial charge in [-0.25, -0.2) is 0 Å². The van der Waals surface area contributed by atoms with Crippen molar-refractivity contribution in [3.8, 4) is 0 Å². The molecule has 11 heteroatoms. The molecule has 0 radical (unpaired) electrons. The summed E-state index contributed by atoms with van der Waals surface area (Å²) in [5, 5.41) is 27.2. The monoisotopic (exact) mass is 357 g/mol. The molecule has 1 aliphatic rings. The number of aliphatic hydroxyl groups excluding tert-OH is 2. The lowest BCUT2D eigenvalue weighted by molar-refractivity contribution is -0.128. The first-order valence-corrected chi connectivity index (χ1v) is 7.55. The minimum Gasteiger partial charge on any atom is -0.390 e. The minimum absolute atomic E-state index is 0.0168. The van der Waals surface area contributed by atoms with Crippen molar-refractivity contribution in [2.24, 2.45) is 11.5 Å². The highest BCUT2D eigenvalue weighted by atomic mass is 16.3. The zero-order valence-electron chi connectivity index (χ0n) is 13.7. The molecule has 0 aromatic rings. The first-order valence-electron chi connectivity index (χ1n) is 7.55. The van der Waals surface area contributed by atoms with Crippen LogP contribution in [0.25, 0.3) is 0 Å². The molecule has 1 aliphatic carbocycles. The van der Waals surface area contributed by atoms with Crippen molar-refractivity contribution < 1.29 is 29.4 Å². The van der Waals surface area contributed by atoms with E-state index >= 15 is 0 Å². The molecule has 0 bridgehead atoms. The number of hydrogen-bond donors (Lipinski definition) is 7. The lowest BCUT2D eigenvalue weighted by atomic mass is 9.89. The van der Waals surface area contributed by atoms with Crippen molar-refractivity contribution in [2.45, 2.75) is 37.1 Å². The fraction of sp³-hybridized carbons (Fsp3) is 0.571. The van der Waals surface area contributed by atoms with Crippen LogP contribution in [0.3, 0.4) is 0 Å². The molecule has 0 heterocycles. The fourth-order valence-corrected chi connectivity index (χ4v) is 2.34. The Balaban J connectivity index is 2.89. The van der Waals surface area contributed by atoms with Gasteiger partial charge in [0.15, 0.2) is 0 Å². The molecule has 0 aromatic heterocycles. The van der Waals surface area contributed by atoms with Crippen molar-refractivity contribution in [1.29, 1.82) is 0 Å². The van der Waals surface area contributed by atoms with E-state index in [0.29, 0.717) is 0 Å². The predicted octanol–water partition coefficient (Wildman–Crippen LogP) is -4.41. The van der Waals surface area contributed by atoms with E-state index in [-0.39, 0.29) is 18.5 Å². The fourth-order valence-electron chi connectivity index (χ4n) is 2.34. The topological polar surface area (TPSA) is 197 Å². The standard InChI is InChI=1S/C14H23N5O6/c1-17-5-11(22)18-7-2-6(3-9(20)12(7)23)14(25)19-8(13(16)24)4-10(15)21/h2,7-9,12,17,20,23H,3-5H2,1H3,(H2,15,21)(H2,16,24)(H,18,22)(H,19,25)/t7-,8-,9-,12-/m1/s1. The van der Waals surface area contributed by atoms with Gasteiger partial charge in [-0.05, 0) is 7.05 Å². The number of hydrogen-bond acceptors (Lipinski definition) is 7. The number of rotatable bonds is 8. The zero-order chi connectivity index (χ0) is 19.1. The van der Waals surface area contributed by atoms with Gasteiger partial charge in [0.05, 0.1) is 25.1 Å². The predicted molar refractivity (Wildman–Crippen MR) is 85.5 cm³/mol. The maximum atomic E-state index is 12.2. The number of carbonyl (C=O) groups is 4. The van der Waals surface area contributed by atoms with Crippen molar-refractivity contribution in [3.63, 3.8) is 0 Å². The van der Waals surface area contributed by atoms with Crippen LogP contribution in [0.1, 0.15) is 12.8 Å². The second-order valence-corrected chi connectivity index (χ2v) is 5.68. The zero-order valence-corrected chi connectivity index (χ0v) is 13.7. The summed E-state index contributed by atoms with van der Waals surface area (Å²) in [4.78, 5) is 46.1. The Morgan fingerprint density at radius 1 is 1.28 bits per heavy atom. The second-order valence-electron chi connectivity index (χ2n) is 5.68. The molecular weight excluding hydrogens is 334 g/mol. The van der Waals surface area contributed by atoms with Crippen LogP contribution in [-0.4, -0.2) is 71.7 Å². The highest BCUT2D eigenvalue weighted by Crippen LogP contribution is 2.20. The Morgan fingerprint density at radius 3 is 2.44 bits per heavy atom. The van der Waals surface area contributed by atoms with E-state index in [2.05, 4.69) is 16.0 Å². The Kier molecular flexibility index (Phi) is 7.48. The van der Waals surface area contributed by atoms with E-state index in [1.807, 2.05) is 0 Å². The first kappa shape index (κ1) is 20.5. The Morgan fingerprint density at radius 2 is 1.92 bits per heavy atom. The van der Waals surface area contributed by atoms with E-state index in [1.54, 1.807) is 7.05 Å². The van der Waals surface area contributed by atoms with Gasteiger partial charge in [-0.2, -0.15) is 0 Å². The summed E-state index contributed by atoms with van der Waals surface area (Å²) in [6, 6.07) is -2.29. The highest BCUT2D eigenvalue weighted by molar-refractivity contribution is 5.98. The van der Waals surface area contributed by atoms with E-state index in [0.717, 1.165) is 0 Å². The molecule has 0 saturated carbocycles. The molecule has 4 amide bonds. The maximum Gasteiger partial charge on any atom is 0.247 e. The van der Waals surface area contributed by atoms with Crippen LogP contribution in [0.4, 0.5) is 0 Å². The molecule has 11 nitrogen and oxygen atoms in total. The molecule has 0 unspecified atom stereocenters. The van der Waals surface area contributed by atoms with E-state index in [1.165, 1.54) is 6.08 Å². The number of amides is 4. The van der Waals surface area contributed by atoms with Gasteiger partial charge in [0.2, 0.25) is 23.6 Å². The van der Waals surface area contributed by atoms with Crippen molar-refractivity contribution in [3.05, 3.63) is 11.6 Å². The molecule has 25 heavy (non-hydrogen) atoms. The lowest BCUT2D eigenvalue weighted by Gasteiger charge is -2.31. The van der Waals surface area contributed by atoms with E-state index < -0.39 is 54.3 Å². The number of nitrogens with two attached hydrogens (primary N) is 2. The van der Waals surface area contributed by atoms with Gasteiger partial charge in [-0.3, -0.25) is 19.2 Å². The van der Waals surface area contributed by atoms with Gasteiger partial charge in [0, 0.05) is 12.0 Å².